The summed E-state index contributed by atoms with van der Waals surface area (Å²) in [5.74, 6) is 1.41. The molecule has 0 radical (unpaired) electrons. The van der Waals surface area contributed by atoms with Crippen molar-refractivity contribution in [3.63, 3.8) is 0 Å². The van der Waals surface area contributed by atoms with Crippen molar-refractivity contribution in [2.75, 3.05) is 6.54 Å². The SMILES string of the molecule is CCNCc1ccc(Oc2ccc(C)nc2CC)nc1C. The van der Waals surface area contributed by atoms with Crippen molar-refractivity contribution < 1.29 is 4.74 Å². The van der Waals surface area contributed by atoms with Crippen LogP contribution in [0.5, 0.6) is 11.6 Å². The van der Waals surface area contributed by atoms with E-state index < -0.39 is 0 Å². The Labute approximate surface area is 126 Å². The first-order valence-corrected chi connectivity index (χ1v) is 7.45. The Hall–Kier alpha value is -1.94. The van der Waals surface area contributed by atoms with Crippen LogP contribution in [0.1, 0.15) is 36.5 Å². The van der Waals surface area contributed by atoms with Crippen molar-refractivity contribution >= 4 is 0 Å². The highest BCUT2D eigenvalue weighted by atomic mass is 16.5. The summed E-state index contributed by atoms with van der Waals surface area (Å²) in [6.07, 6.45) is 0.842. The van der Waals surface area contributed by atoms with Crippen molar-refractivity contribution in [3.05, 3.63) is 46.9 Å². The lowest BCUT2D eigenvalue weighted by Gasteiger charge is -2.11. The third-order valence-corrected chi connectivity index (χ3v) is 3.36. The normalized spacial score (nSPS) is 10.7. The number of aryl methyl sites for hydroxylation is 3. The van der Waals surface area contributed by atoms with Crippen LogP contribution in [0.3, 0.4) is 0 Å². The Bertz CT molecular complexity index is 611. The van der Waals surface area contributed by atoms with Crippen molar-refractivity contribution in [1.82, 2.24) is 15.3 Å². The molecule has 4 nitrogen and oxygen atoms in total. The molecule has 2 heterocycles. The molecule has 112 valence electrons. The number of hydrogen-bond donors (Lipinski definition) is 1. The molecule has 0 saturated carbocycles. The first-order chi connectivity index (χ1) is 10.1. The summed E-state index contributed by atoms with van der Waals surface area (Å²) in [4.78, 5) is 9.03. The topological polar surface area (TPSA) is 47.0 Å². The second kappa shape index (κ2) is 7.18. The molecule has 2 aromatic heterocycles. The van der Waals surface area contributed by atoms with Gasteiger partial charge < -0.3 is 10.1 Å². The van der Waals surface area contributed by atoms with Gasteiger partial charge in [0.2, 0.25) is 5.88 Å². The molecule has 0 saturated heterocycles. The first kappa shape index (κ1) is 15.4. The molecule has 0 fully saturated rings. The summed E-state index contributed by atoms with van der Waals surface area (Å²) in [6, 6.07) is 7.90. The van der Waals surface area contributed by atoms with Crippen molar-refractivity contribution in [3.8, 4) is 11.6 Å². The van der Waals surface area contributed by atoms with Gasteiger partial charge in [-0.15, -0.1) is 0 Å². The predicted molar refractivity (Wildman–Crippen MR) is 84.8 cm³/mol. The molecule has 0 atom stereocenters. The summed E-state index contributed by atoms with van der Waals surface area (Å²) in [7, 11) is 0. The predicted octanol–water partition coefficient (Wildman–Crippen LogP) is 3.56. The molecule has 21 heavy (non-hydrogen) atoms. The van der Waals surface area contributed by atoms with Gasteiger partial charge >= 0.3 is 0 Å². The fraction of sp³-hybridized carbons (Fsp3) is 0.412. The molecule has 0 amide bonds. The highest BCUT2D eigenvalue weighted by Crippen LogP contribution is 2.24. The van der Waals surface area contributed by atoms with Gasteiger partial charge in [0.15, 0.2) is 5.75 Å². The van der Waals surface area contributed by atoms with Gasteiger partial charge in [-0.1, -0.05) is 19.9 Å². The zero-order chi connectivity index (χ0) is 15.2. The van der Waals surface area contributed by atoms with Gasteiger partial charge in [0, 0.05) is 24.0 Å². The lowest BCUT2D eigenvalue weighted by atomic mass is 10.2. The Morgan fingerprint density at radius 2 is 1.86 bits per heavy atom. The lowest BCUT2D eigenvalue weighted by Crippen LogP contribution is -2.13. The average molecular weight is 285 g/mol. The van der Waals surface area contributed by atoms with Crippen LogP contribution < -0.4 is 10.1 Å². The number of hydrogen-bond acceptors (Lipinski definition) is 4. The minimum Gasteiger partial charge on any atom is -0.437 e. The summed E-state index contributed by atoms with van der Waals surface area (Å²) < 4.78 is 5.90. The maximum atomic E-state index is 5.90. The number of nitrogens with one attached hydrogen (secondary N) is 1. The van der Waals surface area contributed by atoms with Crippen LogP contribution in [-0.2, 0) is 13.0 Å². The Morgan fingerprint density at radius 1 is 1.05 bits per heavy atom. The number of pyridine rings is 2. The van der Waals surface area contributed by atoms with Gasteiger partial charge in [-0.25, -0.2) is 4.98 Å². The van der Waals surface area contributed by atoms with Crippen molar-refractivity contribution in [2.24, 2.45) is 0 Å². The van der Waals surface area contributed by atoms with Gasteiger partial charge in [-0.3, -0.25) is 4.98 Å². The monoisotopic (exact) mass is 285 g/mol. The maximum Gasteiger partial charge on any atom is 0.219 e. The van der Waals surface area contributed by atoms with E-state index in [-0.39, 0.29) is 0 Å². The van der Waals surface area contributed by atoms with E-state index >= 15 is 0 Å². The first-order valence-electron chi connectivity index (χ1n) is 7.45. The Kier molecular flexibility index (Phi) is 5.28. The van der Waals surface area contributed by atoms with Crippen LogP contribution in [0.15, 0.2) is 24.3 Å². The zero-order valence-electron chi connectivity index (χ0n) is 13.2. The van der Waals surface area contributed by atoms with Crippen LogP contribution in [0.4, 0.5) is 0 Å². The van der Waals surface area contributed by atoms with E-state index in [1.807, 2.05) is 32.0 Å². The molecular formula is C17H23N3O. The number of ether oxygens (including phenoxy) is 1. The van der Waals surface area contributed by atoms with Crippen LogP contribution in [-0.4, -0.2) is 16.5 Å². The third kappa shape index (κ3) is 4.02. The van der Waals surface area contributed by atoms with E-state index in [0.717, 1.165) is 42.3 Å². The van der Waals surface area contributed by atoms with E-state index in [2.05, 4.69) is 35.2 Å². The van der Waals surface area contributed by atoms with Gasteiger partial charge in [0.1, 0.15) is 0 Å². The molecule has 4 heteroatoms. The molecule has 0 aromatic carbocycles. The van der Waals surface area contributed by atoms with E-state index in [1.165, 1.54) is 5.56 Å². The van der Waals surface area contributed by atoms with Crippen LogP contribution in [0.2, 0.25) is 0 Å². The second-order valence-corrected chi connectivity index (χ2v) is 5.03. The molecule has 0 aliphatic rings. The summed E-state index contributed by atoms with van der Waals surface area (Å²) in [5.41, 5.74) is 4.16. The molecule has 2 aromatic rings. The van der Waals surface area contributed by atoms with Crippen molar-refractivity contribution in [2.45, 2.75) is 40.7 Å². The lowest BCUT2D eigenvalue weighted by molar-refractivity contribution is 0.452. The fourth-order valence-corrected chi connectivity index (χ4v) is 2.13. The molecule has 0 unspecified atom stereocenters. The highest BCUT2D eigenvalue weighted by molar-refractivity contribution is 5.34. The third-order valence-electron chi connectivity index (χ3n) is 3.36. The minimum atomic E-state index is 0.619. The zero-order valence-corrected chi connectivity index (χ0v) is 13.2. The fourth-order valence-electron chi connectivity index (χ4n) is 2.13. The molecular weight excluding hydrogens is 262 g/mol. The Morgan fingerprint density at radius 3 is 2.52 bits per heavy atom. The van der Waals surface area contributed by atoms with Gasteiger partial charge in [-0.05, 0) is 44.5 Å². The molecule has 0 bridgehead atoms. The number of aromatic nitrogens is 2. The van der Waals surface area contributed by atoms with E-state index in [0.29, 0.717) is 5.88 Å². The molecule has 1 N–H and O–H groups in total. The Balaban J connectivity index is 2.18. The largest absolute Gasteiger partial charge is 0.437 e. The van der Waals surface area contributed by atoms with Crippen LogP contribution in [0, 0.1) is 13.8 Å². The van der Waals surface area contributed by atoms with Gasteiger partial charge in [0.25, 0.3) is 0 Å². The second-order valence-electron chi connectivity index (χ2n) is 5.03. The number of nitrogens with zero attached hydrogens (tertiary/aromatic N) is 2. The van der Waals surface area contributed by atoms with Crippen molar-refractivity contribution in [1.29, 1.82) is 0 Å². The average Bonchev–Trinajstić information content (AvgIpc) is 2.48. The summed E-state index contributed by atoms with van der Waals surface area (Å²) >= 11 is 0. The van der Waals surface area contributed by atoms with Gasteiger partial charge in [-0.2, -0.15) is 0 Å². The van der Waals surface area contributed by atoms with Gasteiger partial charge in [0.05, 0.1) is 5.69 Å². The molecule has 0 aliphatic heterocycles. The molecule has 2 rings (SSSR count). The van der Waals surface area contributed by atoms with E-state index in [4.69, 9.17) is 4.74 Å². The quantitative estimate of drug-likeness (QED) is 0.881. The molecule has 0 spiro atoms. The molecule has 0 aliphatic carbocycles. The highest BCUT2D eigenvalue weighted by Gasteiger charge is 2.08. The van der Waals surface area contributed by atoms with E-state index in [1.54, 1.807) is 0 Å². The standard InChI is InChI=1S/C17H23N3O/c1-5-15-16(9-7-12(3)19-15)21-17-10-8-14(11-18-6-2)13(4)20-17/h7-10,18H,5-6,11H2,1-4H3. The van der Waals surface area contributed by atoms with Crippen LogP contribution in [0.25, 0.3) is 0 Å². The number of rotatable bonds is 6. The smallest absolute Gasteiger partial charge is 0.219 e. The minimum absolute atomic E-state index is 0.619. The maximum absolute atomic E-state index is 5.90. The summed E-state index contributed by atoms with van der Waals surface area (Å²) in [6.45, 7) is 9.95. The summed E-state index contributed by atoms with van der Waals surface area (Å²) in [5, 5.41) is 3.31. The van der Waals surface area contributed by atoms with Crippen LogP contribution >= 0.6 is 0 Å². The van der Waals surface area contributed by atoms with E-state index in [9.17, 15) is 0 Å².